The average molecular weight is 489 g/mol. The molecule has 1 aliphatic carbocycles. The predicted octanol–water partition coefficient (Wildman–Crippen LogP) is 4.61. The van der Waals surface area contributed by atoms with Crippen molar-refractivity contribution in [2.75, 3.05) is 16.6 Å². The largest absolute Gasteiger partial charge is 0.462 e. The smallest absolute Gasteiger partial charge is 0.341 e. The van der Waals surface area contributed by atoms with Gasteiger partial charge in [0.25, 0.3) is 15.9 Å². The lowest BCUT2D eigenvalue weighted by Gasteiger charge is -2.10. The SMILES string of the molecule is CCOC(=O)c1c(NC(=O)c2ccc(NS(=O)(=O)c3ccc(F)cc3)cc2)sc2c1CCC2. The van der Waals surface area contributed by atoms with Gasteiger partial charge in [0.2, 0.25) is 0 Å². The zero-order chi connectivity index (χ0) is 23.6. The van der Waals surface area contributed by atoms with E-state index in [1.807, 2.05) is 0 Å². The Morgan fingerprint density at radius 1 is 1.06 bits per heavy atom. The van der Waals surface area contributed by atoms with Crippen molar-refractivity contribution in [3.05, 3.63) is 75.9 Å². The molecule has 172 valence electrons. The minimum Gasteiger partial charge on any atom is -0.462 e. The van der Waals surface area contributed by atoms with E-state index in [0.29, 0.717) is 16.1 Å². The first-order chi connectivity index (χ1) is 15.8. The standard InChI is InChI=1S/C23H21FN2O5S2/c1-2-31-23(28)20-18-4-3-5-19(18)32-22(20)25-21(27)14-6-10-16(11-7-14)26-33(29,30)17-12-8-15(24)9-13-17/h6-13,26H,2-5H2,1H3,(H,25,27). The summed E-state index contributed by atoms with van der Waals surface area (Å²) in [7, 11) is -3.90. The van der Waals surface area contributed by atoms with Gasteiger partial charge in [-0.05, 0) is 80.3 Å². The molecule has 1 aliphatic rings. The number of thiophene rings is 1. The summed E-state index contributed by atoms with van der Waals surface area (Å²) in [4.78, 5) is 26.3. The molecular weight excluding hydrogens is 467 g/mol. The van der Waals surface area contributed by atoms with Gasteiger partial charge in [-0.15, -0.1) is 11.3 Å². The third-order valence-electron chi connectivity index (χ3n) is 5.15. The Kier molecular flexibility index (Phi) is 6.48. The summed E-state index contributed by atoms with van der Waals surface area (Å²) in [6.45, 7) is 1.97. The maximum atomic E-state index is 13.1. The van der Waals surface area contributed by atoms with E-state index in [9.17, 15) is 22.4 Å². The van der Waals surface area contributed by atoms with E-state index in [1.54, 1.807) is 6.92 Å². The second-order valence-electron chi connectivity index (χ2n) is 7.37. The lowest BCUT2D eigenvalue weighted by atomic mass is 10.1. The summed E-state index contributed by atoms with van der Waals surface area (Å²) in [6, 6.07) is 10.3. The Morgan fingerprint density at radius 3 is 2.42 bits per heavy atom. The van der Waals surface area contributed by atoms with Crippen molar-refractivity contribution in [2.24, 2.45) is 0 Å². The molecule has 0 saturated carbocycles. The van der Waals surface area contributed by atoms with E-state index in [2.05, 4.69) is 10.0 Å². The van der Waals surface area contributed by atoms with Crippen molar-refractivity contribution in [1.29, 1.82) is 0 Å². The Morgan fingerprint density at radius 2 is 1.76 bits per heavy atom. The quantitative estimate of drug-likeness (QED) is 0.473. The van der Waals surface area contributed by atoms with Crippen molar-refractivity contribution >= 4 is 43.9 Å². The molecule has 1 amide bonds. The van der Waals surface area contributed by atoms with Crippen LogP contribution in [-0.2, 0) is 27.6 Å². The number of aryl methyl sites for hydroxylation is 1. The van der Waals surface area contributed by atoms with E-state index >= 15 is 0 Å². The number of carbonyl (C=O) groups is 2. The van der Waals surface area contributed by atoms with Crippen LogP contribution in [0.3, 0.4) is 0 Å². The number of halogens is 1. The second-order valence-corrected chi connectivity index (χ2v) is 10.2. The molecule has 10 heteroatoms. The molecule has 2 N–H and O–H groups in total. The fourth-order valence-corrected chi connectivity index (χ4v) is 5.94. The molecule has 1 aromatic heterocycles. The van der Waals surface area contributed by atoms with Crippen LogP contribution in [0.15, 0.2) is 53.4 Å². The van der Waals surface area contributed by atoms with Crippen LogP contribution in [0.25, 0.3) is 0 Å². The molecule has 0 radical (unpaired) electrons. The van der Waals surface area contributed by atoms with Gasteiger partial charge >= 0.3 is 5.97 Å². The van der Waals surface area contributed by atoms with Gasteiger partial charge in [-0.25, -0.2) is 17.6 Å². The summed E-state index contributed by atoms with van der Waals surface area (Å²) in [5, 5.41) is 3.26. The van der Waals surface area contributed by atoms with Crippen molar-refractivity contribution < 1.29 is 27.1 Å². The average Bonchev–Trinajstić information content (AvgIpc) is 3.35. The van der Waals surface area contributed by atoms with E-state index in [-0.39, 0.29) is 17.2 Å². The molecule has 0 fully saturated rings. The number of esters is 1. The highest BCUT2D eigenvalue weighted by molar-refractivity contribution is 7.92. The van der Waals surface area contributed by atoms with E-state index < -0.39 is 27.7 Å². The van der Waals surface area contributed by atoms with Gasteiger partial charge in [0.1, 0.15) is 10.8 Å². The highest BCUT2D eigenvalue weighted by atomic mass is 32.2. The third-order valence-corrected chi connectivity index (χ3v) is 7.76. The molecule has 1 heterocycles. The molecule has 4 rings (SSSR count). The van der Waals surface area contributed by atoms with Gasteiger partial charge in [-0.3, -0.25) is 9.52 Å². The van der Waals surface area contributed by atoms with Crippen LogP contribution >= 0.6 is 11.3 Å². The number of fused-ring (bicyclic) bond motifs is 1. The molecule has 2 aromatic carbocycles. The summed E-state index contributed by atoms with van der Waals surface area (Å²) >= 11 is 1.38. The first-order valence-corrected chi connectivity index (χ1v) is 12.6. The molecule has 0 aliphatic heterocycles. The highest BCUT2D eigenvalue weighted by Crippen LogP contribution is 2.39. The van der Waals surface area contributed by atoms with E-state index in [1.165, 1.54) is 47.7 Å². The first-order valence-electron chi connectivity index (χ1n) is 10.3. The zero-order valence-corrected chi connectivity index (χ0v) is 19.3. The van der Waals surface area contributed by atoms with E-state index in [4.69, 9.17) is 4.74 Å². The van der Waals surface area contributed by atoms with Gasteiger partial charge in [0.15, 0.2) is 0 Å². The minimum absolute atomic E-state index is 0.0806. The Labute approximate surface area is 194 Å². The van der Waals surface area contributed by atoms with Crippen LogP contribution in [0.4, 0.5) is 15.1 Å². The van der Waals surface area contributed by atoms with Crippen LogP contribution < -0.4 is 10.0 Å². The number of benzene rings is 2. The second kappa shape index (κ2) is 9.32. The van der Waals surface area contributed by atoms with Crippen molar-refractivity contribution in [2.45, 2.75) is 31.1 Å². The Balaban J connectivity index is 1.49. The Bertz CT molecular complexity index is 1300. The molecule has 0 unspecified atom stereocenters. The van der Waals surface area contributed by atoms with Gasteiger partial charge < -0.3 is 10.1 Å². The number of amides is 1. The number of anilines is 2. The fraction of sp³-hybridized carbons (Fsp3) is 0.217. The number of hydrogen-bond donors (Lipinski definition) is 2. The highest BCUT2D eigenvalue weighted by Gasteiger charge is 2.28. The van der Waals surface area contributed by atoms with Crippen LogP contribution in [-0.4, -0.2) is 26.9 Å². The predicted molar refractivity (Wildman–Crippen MR) is 124 cm³/mol. The topological polar surface area (TPSA) is 102 Å². The lowest BCUT2D eigenvalue weighted by Crippen LogP contribution is -2.16. The third kappa shape index (κ3) is 4.91. The minimum atomic E-state index is -3.90. The fourth-order valence-electron chi connectivity index (χ4n) is 3.60. The van der Waals surface area contributed by atoms with Crippen molar-refractivity contribution in [3.63, 3.8) is 0 Å². The summed E-state index contributed by atoms with van der Waals surface area (Å²) < 4.78 is 45.5. The number of rotatable bonds is 7. The maximum Gasteiger partial charge on any atom is 0.341 e. The number of nitrogens with one attached hydrogen (secondary N) is 2. The molecular formula is C23H21FN2O5S2. The first kappa shape index (κ1) is 22.9. The Hall–Kier alpha value is -3.24. The van der Waals surface area contributed by atoms with Crippen molar-refractivity contribution in [3.8, 4) is 0 Å². The van der Waals surface area contributed by atoms with Crippen molar-refractivity contribution in [1.82, 2.24) is 0 Å². The summed E-state index contributed by atoms with van der Waals surface area (Å²) in [6.07, 6.45) is 2.61. The molecule has 0 saturated heterocycles. The number of carbonyl (C=O) groups excluding carboxylic acids is 2. The van der Waals surface area contributed by atoms with Crippen LogP contribution in [0.1, 0.15) is 44.5 Å². The van der Waals surface area contributed by atoms with Gasteiger partial charge in [-0.2, -0.15) is 0 Å². The van der Waals surface area contributed by atoms with Gasteiger partial charge in [-0.1, -0.05) is 0 Å². The monoisotopic (exact) mass is 488 g/mol. The summed E-state index contributed by atoms with van der Waals surface area (Å²) in [5.41, 5.74) is 1.91. The number of hydrogen-bond acceptors (Lipinski definition) is 6. The molecule has 7 nitrogen and oxygen atoms in total. The van der Waals surface area contributed by atoms with Crippen LogP contribution in [0.2, 0.25) is 0 Å². The van der Waals surface area contributed by atoms with Crippen LogP contribution in [0.5, 0.6) is 0 Å². The lowest BCUT2D eigenvalue weighted by molar-refractivity contribution is 0.0527. The number of sulfonamides is 1. The summed E-state index contributed by atoms with van der Waals surface area (Å²) in [5.74, 6) is -1.41. The van der Waals surface area contributed by atoms with Crippen LogP contribution in [0, 0.1) is 5.82 Å². The number of ether oxygens (including phenoxy) is 1. The van der Waals surface area contributed by atoms with Gasteiger partial charge in [0, 0.05) is 16.1 Å². The maximum absolute atomic E-state index is 13.1. The molecule has 3 aromatic rings. The zero-order valence-electron chi connectivity index (χ0n) is 17.7. The van der Waals surface area contributed by atoms with Gasteiger partial charge in [0.05, 0.1) is 17.1 Å². The molecule has 0 atom stereocenters. The molecule has 0 bridgehead atoms. The molecule has 0 spiro atoms. The van der Waals surface area contributed by atoms with E-state index in [0.717, 1.165) is 41.8 Å². The molecule has 33 heavy (non-hydrogen) atoms. The normalized spacial score (nSPS) is 12.8.